The molecule has 0 amide bonds. The van der Waals surface area contributed by atoms with E-state index in [1.165, 1.54) is 18.2 Å². The maximum Gasteiger partial charge on any atom is 0.335 e. The van der Waals surface area contributed by atoms with Gasteiger partial charge in [0.2, 0.25) is 0 Å². The summed E-state index contributed by atoms with van der Waals surface area (Å²) in [7, 11) is 0. The largest absolute Gasteiger partial charge is 0.478 e. The van der Waals surface area contributed by atoms with Gasteiger partial charge in [-0.05, 0) is 12.1 Å². The van der Waals surface area contributed by atoms with Crippen LogP contribution in [0.2, 0.25) is 0 Å². The molecular formula is C10H8N2O4. The number of carboxylic acids is 1. The molecule has 0 fully saturated rings. The Kier molecular flexibility index (Phi) is 2.41. The molecule has 6 heteroatoms. The zero-order chi connectivity index (χ0) is 11.7. The Morgan fingerprint density at radius 1 is 1.38 bits per heavy atom. The maximum atomic E-state index is 11.4. The summed E-state index contributed by atoms with van der Waals surface area (Å²) in [5.41, 5.74) is -0.144. The van der Waals surface area contributed by atoms with Crippen molar-refractivity contribution in [1.29, 1.82) is 0 Å². The molecule has 6 nitrogen and oxygen atoms in total. The average molecular weight is 220 g/mol. The van der Waals surface area contributed by atoms with Crippen LogP contribution in [0.25, 0.3) is 10.8 Å². The lowest BCUT2D eigenvalue weighted by Crippen LogP contribution is -2.12. The van der Waals surface area contributed by atoms with E-state index in [9.17, 15) is 9.59 Å². The molecule has 0 unspecified atom stereocenters. The van der Waals surface area contributed by atoms with Crippen molar-refractivity contribution in [3.05, 3.63) is 39.8 Å². The number of fused-ring (bicyclic) bond motifs is 1. The Morgan fingerprint density at radius 2 is 2.12 bits per heavy atom. The van der Waals surface area contributed by atoms with Crippen LogP contribution in [-0.2, 0) is 6.61 Å². The number of aromatic nitrogens is 2. The quantitative estimate of drug-likeness (QED) is 0.666. The molecule has 0 bridgehead atoms. The number of carbonyl (C=O) groups is 1. The van der Waals surface area contributed by atoms with Crippen LogP contribution in [0.3, 0.4) is 0 Å². The van der Waals surface area contributed by atoms with Gasteiger partial charge in [-0.3, -0.25) is 4.79 Å². The highest BCUT2D eigenvalue weighted by atomic mass is 16.4. The highest BCUT2D eigenvalue weighted by Crippen LogP contribution is 2.15. The summed E-state index contributed by atoms with van der Waals surface area (Å²) >= 11 is 0. The van der Waals surface area contributed by atoms with E-state index in [2.05, 4.69) is 10.2 Å². The molecule has 0 atom stereocenters. The molecule has 82 valence electrons. The third kappa shape index (κ3) is 1.55. The molecule has 0 radical (unpaired) electrons. The molecule has 1 aromatic carbocycles. The number of aliphatic hydroxyl groups excluding tert-OH is 1. The highest BCUT2D eigenvalue weighted by molar-refractivity contribution is 5.94. The van der Waals surface area contributed by atoms with E-state index in [1.807, 2.05) is 0 Å². The molecule has 2 rings (SSSR count). The number of hydrogen-bond acceptors (Lipinski definition) is 4. The molecule has 0 aliphatic rings. The van der Waals surface area contributed by atoms with Crippen molar-refractivity contribution in [2.75, 3.05) is 0 Å². The lowest BCUT2D eigenvalue weighted by molar-refractivity contribution is 0.0697. The van der Waals surface area contributed by atoms with Gasteiger partial charge in [-0.15, -0.1) is 0 Å². The van der Waals surface area contributed by atoms with E-state index in [1.54, 1.807) is 0 Å². The van der Waals surface area contributed by atoms with Crippen LogP contribution in [0.5, 0.6) is 0 Å². The minimum atomic E-state index is -1.11. The zero-order valence-corrected chi connectivity index (χ0v) is 8.10. The van der Waals surface area contributed by atoms with Crippen molar-refractivity contribution >= 4 is 16.7 Å². The van der Waals surface area contributed by atoms with Gasteiger partial charge in [0.1, 0.15) is 0 Å². The van der Waals surface area contributed by atoms with Crippen molar-refractivity contribution < 1.29 is 15.0 Å². The Labute approximate surface area is 89.2 Å². The Bertz CT molecular complexity index is 618. The second kappa shape index (κ2) is 3.74. The molecule has 1 aromatic heterocycles. The van der Waals surface area contributed by atoms with Gasteiger partial charge in [-0.1, -0.05) is 6.07 Å². The number of aliphatic hydroxyl groups is 1. The number of aromatic carboxylic acids is 1. The normalized spacial score (nSPS) is 10.6. The van der Waals surface area contributed by atoms with Gasteiger partial charge in [-0.25, -0.2) is 9.89 Å². The third-order valence-electron chi connectivity index (χ3n) is 2.26. The first-order valence-corrected chi connectivity index (χ1v) is 4.49. The van der Waals surface area contributed by atoms with Crippen molar-refractivity contribution in [1.82, 2.24) is 10.2 Å². The monoisotopic (exact) mass is 220 g/mol. The van der Waals surface area contributed by atoms with Crippen molar-refractivity contribution in [3.8, 4) is 0 Å². The van der Waals surface area contributed by atoms with Crippen molar-refractivity contribution in [2.24, 2.45) is 0 Å². The molecule has 0 saturated carbocycles. The number of nitrogens with zero attached hydrogens (tertiary/aromatic N) is 1. The fourth-order valence-electron chi connectivity index (χ4n) is 1.48. The van der Waals surface area contributed by atoms with Gasteiger partial charge >= 0.3 is 5.97 Å². The molecule has 0 spiro atoms. The summed E-state index contributed by atoms with van der Waals surface area (Å²) in [6.45, 7) is -0.320. The van der Waals surface area contributed by atoms with Crippen molar-refractivity contribution in [3.63, 3.8) is 0 Å². The van der Waals surface area contributed by atoms with E-state index in [0.717, 1.165) is 0 Å². The summed E-state index contributed by atoms with van der Waals surface area (Å²) < 4.78 is 0. The number of nitrogens with one attached hydrogen (secondary N) is 1. The van der Waals surface area contributed by atoms with Gasteiger partial charge in [0.15, 0.2) is 0 Å². The number of benzene rings is 1. The summed E-state index contributed by atoms with van der Waals surface area (Å²) in [4.78, 5) is 22.2. The van der Waals surface area contributed by atoms with E-state index in [4.69, 9.17) is 10.2 Å². The third-order valence-corrected chi connectivity index (χ3v) is 2.26. The predicted molar refractivity (Wildman–Crippen MR) is 55.2 cm³/mol. The van der Waals surface area contributed by atoms with Gasteiger partial charge in [0, 0.05) is 5.39 Å². The first-order chi connectivity index (χ1) is 7.63. The first-order valence-electron chi connectivity index (χ1n) is 4.49. The number of rotatable bonds is 2. The molecule has 16 heavy (non-hydrogen) atoms. The Morgan fingerprint density at radius 3 is 2.75 bits per heavy atom. The average Bonchev–Trinajstić information content (AvgIpc) is 2.29. The van der Waals surface area contributed by atoms with Crippen LogP contribution in [0, 0.1) is 0 Å². The molecule has 0 aliphatic heterocycles. The van der Waals surface area contributed by atoms with Crippen molar-refractivity contribution in [2.45, 2.75) is 6.61 Å². The summed E-state index contributed by atoms with van der Waals surface area (Å²) in [6.07, 6.45) is 0. The Balaban J connectivity index is 2.83. The lowest BCUT2D eigenvalue weighted by Gasteiger charge is -2.02. The van der Waals surface area contributed by atoms with Gasteiger partial charge in [-0.2, -0.15) is 5.10 Å². The van der Waals surface area contributed by atoms with Gasteiger partial charge < -0.3 is 10.2 Å². The fourth-order valence-corrected chi connectivity index (χ4v) is 1.48. The van der Waals surface area contributed by atoms with E-state index in [-0.39, 0.29) is 17.6 Å². The number of hydrogen-bond donors (Lipinski definition) is 3. The van der Waals surface area contributed by atoms with Gasteiger partial charge in [0.25, 0.3) is 5.56 Å². The lowest BCUT2D eigenvalue weighted by atomic mass is 10.1. The second-order valence-electron chi connectivity index (χ2n) is 3.22. The SMILES string of the molecule is O=C(O)c1ccc2c(CO)n[nH]c(=O)c2c1. The predicted octanol–water partition coefficient (Wildman–Crippen LogP) is 0.114. The minimum absolute atomic E-state index is 0.0214. The van der Waals surface area contributed by atoms with Crippen LogP contribution >= 0.6 is 0 Å². The first kappa shape index (κ1) is 10.3. The number of carboxylic acid groups (broad SMARTS) is 1. The topological polar surface area (TPSA) is 103 Å². The summed E-state index contributed by atoms with van der Waals surface area (Å²) in [5.74, 6) is -1.11. The molecule has 3 N–H and O–H groups in total. The van der Waals surface area contributed by atoms with Crippen LogP contribution in [0.15, 0.2) is 23.0 Å². The van der Waals surface area contributed by atoms with Crippen LogP contribution in [0.4, 0.5) is 0 Å². The smallest absolute Gasteiger partial charge is 0.335 e. The number of H-pyrrole nitrogens is 1. The molecule has 1 heterocycles. The maximum absolute atomic E-state index is 11.4. The van der Waals surface area contributed by atoms with Crippen LogP contribution in [0.1, 0.15) is 16.1 Å². The molecular weight excluding hydrogens is 212 g/mol. The fraction of sp³-hybridized carbons (Fsp3) is 0.100. The summed E-state index contributed by atoms with van der Waals surface area (Å²) in [6, 6.07) is 4.09. The summed E-state index contributed by atoms with van der Waals surface area (Å²) in [5, 5.41) is 24.3. The highest BCUT2D eigenvalue weighted by Gasteiger charge is 2.09. The van der Waals surface area contributed by atoms with E-state index >= 15 is 0 Å². The standard InChI is InChI=1S/C10H8N2O4/c13-4-8-6-2-1-5(10(15)16)3-7(6)9(14)12-11-8/h1-3,13H,4H2,(H,12,14)(H,15,16). The van der Waals surface area contributed by atoms with E-state index in [0.29, 0.717) is 11.1 Å². The van der Waals surface area contributed by atoms with Crippen LogP contribution in [-0.4, -0.2) is 26.4 Å². The minimum Gasteiger partial charge on any atom is -0.478 e. The molecule has 0 aliphatic carbocycles. The van der Waals surface area contributed by atoms with E-state index < -0.39 is 11.5 Å². The van der Waals surface area contributed by atoms with Crippen LogP contribution < -0.4 is 5.56 Å². The van der Waals surface area contributed by atoms with Gasteiger partial charge in [0.05, 0.1) is 23.3 Å². The zero-order valence-electron chi connectivity index (χ0n) is 8.10. The number of aromatic amines is 1. The molecule has 0 saturated heterocycles. The molecule has 2 aromatic rings. The second-order valence-corrected chi connectivity index (χ2v) is 3.22. The Hall–Kier alpha value is -2.21.